The van der Waals surface area contributed by atoms with Crippen molar-refractivity contribution in [2.45, 2.75) is 19.4 Å². The SMILES string of the molecule is C=CCNCC(=O)NC(C)(C)C(=O)OC. The van der Waals surface area contributed by atoms with E-state index in [-0.39, 0.29) is 12.5 Å². The minimum absolute atomic E-state index is 0.145. The fourth-order valence-corrected chi connectivity index (χ4v) is 0.987. The van der Waals surface area contributed by atoms with Gasteiger partial charge in [0.05, 0.1) is 13.7 Å². The van der Waals surface area contributed by atoms with Crippen LogP contribution in [0, 0.1) is 0 Å². The summed E-state index contributed by atoms with van der Waals surface area (Å²) in [5, 5.41) is 5.39. The molecule has 1 amide bonds. The molecule has 0 spiro atoms. The minimum atomic E-state index is -0.998. The van der Waals surface area contributed by atoms with Crippen LogP contribution in [0.15, 0.2) is 12.7 Å². The van der Waals surface area contributed by atoms with Gasteiger partial charge in [-0.1, -0.05) is 6.08 Å². The van der Waals surface area contributed by atoms with Gasteiger partial charge < -0.3 is 15.4 Å². The molecule has 0 saturated heterocycles. The fourth-order valence-electron chi connectivity index (χ4n) is 0.987. The van der Waals surface area contributed by atoms with Gasteiger partial charge >= 0.3 is 5.97 Å². The fraction of sp³-hybridized carbons (Fsp3) is 0.600. The van der Waals surface area contributed by atoms with Crippen molar-refractivity contribution in [1.82, 2.24) is 10.6 Å². The third-order valence-electron chi connectivity index (χ3n) is 1.72. The lowest BCUT2D eigenvalue weighted by atomic mass is 10.1. The maximum atomic E-state index is 11.3. The quantitative estimate of drug-likeness (QED) is 0.366. The van der Waals surface area contributed by atoms with Gasteiger partial charge in [-0.05, 0) is 13.8 Å². The molecule has 0 heterocycles. The standard InChI is InChI=1S/C10H18N2O3/c1-5-6-11-7-8(13)12-10(2,3)9(14)15-4/h5,11H,1,6-7H2,2-4H3,(H,12,13). The smallest absolute Gasteiger partial charge is 0.330 e. The van der Waals surface area contributed by atoms with E-state index in [1.807, 2.05) is 0 Å². The normalized spacial score (nSPS) is 10.6. The Morgan fingerprint density at radius 3 is 2.53 bits per heavy atom. The molecule has 0 aliphatic heterocycles. The third-order valence-corrected chi connectivity index (χ3v) is 1.72. The number of carbonyl (C=O) groups excluding carboxylic acids is 2. The molecule has 0 bridgehead atoms. The number of hydrogen-bond donors (Lipinski definition) is 2. The van der Waals surface area contributed by atoms with E-state index in [4.69, 9.17) is 0 Å². The number of carbonyl (C=O) groups is 2. The Bertz CT molecular complexity index is 249. The molecule has 5 heteroatoms. The van der Waals surface area contributed by atoms with Crippen LogP contribution in [0.4, 0.5) is 0 Å². The summed E-state index contributed by atoms with van der Waals surface area (Å²) in [4.78, 5) is 22.6. The molecule has 0 radical (unpaired) electrons. The van der Waals surface area contributed by atoms with E-state index < -0.39 is 11.5 Å². The maximum Gasteiger partial charge on any atom is 0.330 e. The van der Waals surface area contributed by atoms with E-state index in [1.165, 1.54) is 7.11 Å². The average Bonchev–Trinajstić information content (AvgIpc) is 2.16. The molecule has 5 nitrogen and oxygen atoms in total. The molecule has 0 aromatic heterocycles. The summed E-state index contributed by atoms with van der Waals surface area (Å²) in [5.41, 5.74) is -0.998. The Labute approximate surface area is 89.9 Å². The Kier molecular flexibility index (Phi) is 5.62. The number of hydrogen-bond acceptors (Lipinski definition) is 4. The van der Waals surface area contributed by atoms with Gasteiger partial charge in [0.2, 0.25) is 5.91 Å². The van der Waals surface area contributed by atoms with Gasteiger partial charge in [-0.3, -0.25) is 4.79 Å². The average molecular weight is 214 g/mol. The topological polar surface area (TPSA) is 67.4 Å². The van der Waals surface area contributed by atoms with Crippen molar-refractivity contribution in [3.8, 4) is 0 Å². The van der Waals surface area contributed by atoms with Crippen LogP contribution < -0.4 is 10.6 Å². The van der Waals surface area contributed by atoms with Gasteiger partial charge in [0, 0.05) is 6.54 Å². The molecule has 2 N–H and O–H groups in total. The second kappa shape index (κ2) is 6.19. The Morgan fingerprint density at radius 1 is 1.47 bits per heavy atom. The number of ether oxygens (including phenoxy) is 1. The van der Waals surface area contributed by atoms with E-state index in [0.717, 1.165) is 0 Å². The predicted molar refractivity (Wildman–Crippen MR) is 57.3 cm³/mol. The van der Waals surface area contributed by atoms with Crippen LogP contribution in [-0.2, 0) is 14.3 Å². The molecule has 0 unspecified atom stereocenters. The highest BCUT2D eigenvalue weighted by Gasteiger charge is 2.29. The molecule has 0 aromatic carbocycles. The Balaban J connectivity index is 4.04. The summed E-state index contributed by atoms with van der Waals surface area (Å²) in [6.45, 7) is 7.37. The highest BCUT2D eigenvalue weighted by atomic mass is 16.5. The first-order valence-electron chi connectivity index (χ1n) is 4.65. The monoisotopic (exact) mass is 214 g/mol. The van der Waals surface area contributed by atoms with Gasteiger partial charge in [0.25, 0.3) is 0 Å². The van der Waals surface area contributed by atoms with Crippen LogP contribution in [0.2, 0.25) is 0 Å². The highest BCUT2D eigenvalue weighted by molar-refractivity contribution is 5.88. The van der Waals surface area contributed by atoms with Crippen LogP contribution in [0.3, 0.4) is 0 Å². The van der Waals surface area contributed by atoms with Crippen LogP contribution in [0.5, 0.6) is 0 Å². The molecule has 0 aromatic rings. The number of esters is 1. The largest absolute Gasteiger partial charge is 0.467 e. The van der Waals surface area contributed by atoms with Gasteiger partial charge in [0.1, 0.15) is 5.54 Å². The number of methoxy groups -OCH3 is 1. The Morgan fingerprint density at radius 2 is 2.07 bits per heavy atom. The van der Waals surface area contributed by atoms with Crippen LogP contribution >= 0.6 is 0 Å². The molecular formula is C10H18N2O3. The van der Waals surface area contributed by atoms with E-state index >= 15 is 0 Å². The summed E-state index contributed by atoms with van der Waals surface area (Å²) in [6, 6.07) is 0. The first kappa shape index (κ1) is 13.6. The number of rotatable bonds is 6. The zero-order valence-corrected chi connectivity index (χ0v) is 9.42. The first-order valence-corrected chi connectivity index (χ1v) is 4.65. The van der Waals surface area contributed by atoms with E-state index in [9.17, 15) is 9.59 Å². The molecule has 0 rings (SSSR count). The second-order valence-electron chi connectivity index (χ2n) is 3.58. The van der Waals surface area contributed by atoms with Crippen molar-refractivity contribution in [3.05, 3.63) is 12.7 Å². The van der Waals surface area contributed by atoms with Crippen molar-refractivity contribution in [2.24, 2.45) is 0 Å². The van der Waals surface area contributed by atoms with Crippen molar-refractivity contribution >= 4 is 11.9 Å². The molecular weight excluding hydrogens is 196 g/mol. The van der Waals surface area contributed by atoms with Crippen LogP contribution in [0.25, 0.3) is 0 Å². The molecule has 15 heavy (non-hydrogen) atoms. The van der Waals surface area contributed by atoms with E-state index in [1.54, 1.807) is 19.9 Å². The lowest BCUT2D eigenvalue weighted by molar-refractivity contribution is -0.149. The summed E-state index contributed by atoms with van der Waals surface area (Å²) in [6.07, 6.45) is 1.65. The maximum absolute atomic E-state index is 11.3. The lowest BCUT2D eigenvalue weighted by Gasteiger charge is -2.23. The van der Waals surface area contributed by atoms with E-state index in [0.29, 0.717) is 6.54 Å². The molecule has 0 saturated carbocycles. The zero-order chi connectivity index (χ0) is 11.9. The molecule has 0 atom stereocenters. The number of nitrogens with one attached hydrogen (secondary N) is 2. The van der Waals surface area contributed by atoms with Gasteiger partial charge in [0.15, 0.2) is 0 Å². The van der Waals surface area contributed by atoms with Crippen molar-refractivity contribution in [3.63, 3.8) is 0 Å². The molecule has 0 aliphatic rings. The number of amides is 1. The summed E-state index contributed by atoms with van der Waals surface area (Å²) >= 11 is 0. The highest BCUT2D eigenvalue weighted by Crippen LogP contribution is 2.03. The third kappa shape index (κ3) is 5.17. The molecule has 0 fully saturated rings. The Hall–Kier alpha value is -1.36. The van der Waals surface area contributed by atoms with Crippen molar-refractivity contribution in [1.29, 1.82) is 0 Å². The summed E-state index contributed by atoms with van der Waals surface area (Å²) in [7, 11) is 1.28. The van der Waals surface area contributed by atoms with Gasteiger partial charge in [-0.2, -0.15) is 0 Å². The van der Waals surface area contributed by atoms with Crippen molar-refractivity contribution < 1.29 is 14.3 Å². The molecule has 86 valence electrons. The predicted octanol–water partition coefficient (Wildman–Crippen LogP) is -0.170. The first-order chi connectivity index (χ1) is 6.94. The second-order valence-corrected chi connectivity index (χ2v) is 3.58. The van der Waals surface area contributed by atoms with Crippen molar-refractivity contribution in [2.75, 3.05) is 20.2 Å². The van der Waals surface area contributed by atoms with Gasteiger partial charge in [-0.15, -0.1) is 6.58 Å². The minimum Gasteiger partial charge on any atom is -0.467 e. The van der Waals surface area contributed by atoms with Crippen LogP contribution in [0.1, 0.15) is 13.8 Å². The van der Waals surface area contributed by atoms with E-state index in [2.05, 4.69) is 21.9 Å². The van der Waals surface area contributed by atoms with Crippen LogP contribution in [-0.4, -0.2) is 37.6 Å². The summed E-state index contributed by atoms with van der Waals surface area (Å²) < 4.78 is 4.55. The summed E-state index contributed by atoms with van der Waals surface area (Å²) in [5.74, 6) is -0.730. The zero-order valence-electron chi connectivity index (χ0n) is 9.42. The van der Waals surface area contributed by atoms with Gasteiger partial charge in [-0.25, -0.2) is 4.79 Å². The lowest BCUT2D eigenvalue weighted by Crippen LogP contribution is -2.52. The molecule has 0 aliphatic carbocycles.